The number of nitro groups is 1. The van der Waals surface area contributed by atoms with Gasteiger partial charge >= 0.3 is 29.6 Å². The molecule has 4 N–H and O–H groups in total. The van der Waals surface area contributed by atoms with Crippen LogP contribution in [0, 0.1) is 10.1 Å². The van der Waals surface area contributed by atoms with Gasteiger partial charge < -0.3 is 15.3 Å². The van der Waals surface area contributed by atoms with Gasteiger partial charge in [-0.05, 0) is 30.3 Å². The molecule has 0 spiro atoms. The number of nitrogens with zero attached hydrogens (tertiary/aromatic N) is 5. The first-order valence-corrected chi connectivity index (χ1v) is 9.93. The topological polar surface area (TPSA) is 208 Å². The van der Waals surface area contributed by atoms with E-state index < -0.39 is 37.2 Å². The maximum absolute atomic E-state index is 11.2. The minimum atomic E-state index is -4.55. The third-order valence-corrected chi connectivity index (χ3v) is 4.77. The van der Waals surface area contributed by atoms with E-state index in [0.29, 0.717) is 0 Å². The van der Waals surface area contributed by atoms with Gasteiger partial charge in [-0.1, -0.05) is 0 Å². The zero-order valence-electron chi connectivity index (χ0n) is 17.1. The quantitative estimate of drug-likeness (QED) is 0.118. The van der Waals surface area contributed by atoms with Crippen molar-refractivity contribution in [2.45, 2.75) is 4.90 Å². The van der Waals surface area contributed by atoms with Crippen LogP contribution >= 0.6 is 0 Å². The molecule has 0 fully saturated rings. The maximum atomic E-state index is 11.2. The first kappa shape index (κ1) is 29.1. The van der Waals surface area contributed by atoms with E-state index in [2.05, 4.69) is 20.5 Å². The standard InChI is InChI=1S/C18H13N5O8S.Cu.Na/c24-16-6-5-12(32(29,30)31)7-13(16)21-22-15-8-14(17(25)9-18(15)26)20-19-10-1-3-11(4-2-10)23(27)28;;/h1-9,24-26H,(H,29,30,31);;/q;;+1. The van der Waals surface area contributed by atoms with Crippen LogP contribution < -0.4 is 29.6 Å². The smallest absolute Gasteiger partial charge is 0.506 e. The third kappa shape index (κ3) is 7.30. The Labute approximate surface area is 224 Å². The van der Waals surface area contributed by atoms with E-state index in [1.807, 2.05) is 0 Å². The van der Waals surface area contributed by atoms with Crippen LogP contribution in [0.4, 0.5) is 28.4 Å². The van der Waals surface area contributed by atoms with Gasteiger partial charge in [0.15, 0.2) is 0 Å². The fourth-order valence-corrected chi connectivity index (χ4v) is 2.82. The van der Waals surface area contributed by atoms with Crippen molar-refractivity contribution in [3.63, 3.8) is 0 Å². The van der Waals surface area contributed by atoms with Crippen LogP contribution in [-0.4, -0.2) is 33.2 Å². The van der Waals surface area contributed by atoms with Crippen molar-refractivity contribution in [2.24, 2.45) is 20.5 Å². The van der Waals surface area contributed by atoms with Gasteiger partial charge in [0.1, 0.15) is 34.3 Å². The zero-order valence-corrected chi connectivity index (χ0v) is 20.8. The fourth-order valence-electron chi connectivity index (χ4n) is 2.32. The summed E-state index contributed by atoms with van der Waals surface area (Å²) in [5.41, 5.74) is -0.552. The van der Waals surface area contributed by atoms with E-state index in [4.69, 9.17) is 4.55 Å². The van der Waals surface area contributed by atoms with Gasteiger partial charge in [-0.3, -0.25) is 14.7 Å². The number of azo groups is 2. The number of benzene rings is 3. The van der Waals surface area contributed by atoms with Gasteiger partial charge in [-0.25, -0.2) is 0 Å². The minimum Gasteiger partial charge on any atom is -0.506 e. The molecule has 0 saturated heterocycles. The molecule has 0 atom stereocenters. The van der Waals surface area contributed by atoms with Gasteiger partial charge in [-0.15, -0.1) is 15.3 Å². The Morgan fingerprint density at radius 1 is 0.735 bits per heavy atom. The van der Waals surface area contributed by atoms with E-state index >= 15 is 0 Å². The first-order chi connectivity index (χ1) is 15.0. The Hall–Kier alpha value is -2.91. The molecule has 34 heavy (non-hydrogen) atoms. The second kappa shape index (κ2) is 12.0. The van der Waals surface area contributed by atoms with Gasteiger partial charge in [0.05, 0.1) is 15.5 Å². The van der Waals surface area contributed by atoms with Crippen molar-refractivity contribution in [1.29, 1.82) is 0 Å². The zero-order chi connectivity index (χ0) is 23.5. The van der Waals surface area contributed by atoms with E-state index in [1.165, 1.54) is 24.3 Å². The van der Waals surface area contributed by atoms with Gasteiger partial charge in [-0.2, -0.15) is 13.5 Å². The van der Waals surface area contributed by atoms with Crippen LogP contribution in [0.15, 0.2) is 79.9 Å². The van der Waals surface area contributed by atoms with E-state index in [9.17, 15) is 33.9 Å². The number of non-ortho nitro benzene ring substituents is 1. The van der Waals surface area contributed by atoms with Crippen molar-refractivity contribution in [2.75, 3.05) is 0 Å². The van der Waals surface area contributed by atoms with Crippen LogP contribution in [0.3, 0.4) is 0 Å². The largest absolute Gasteiger partial charge is 1.00 e. The van der Waals surface area contributed by atoms with Crippen molar-refractivity contribution >= 4 is 38.6 Å². The summed E-state index contributed by atoms with van der Waals surface area (Å²) in [6.45, 7) is 0. The van der Waals surface area contributed by atoms with Crippen molar-refractivity contribution in [3.8, 4) is 17.2 Å². The number of hydrogen-bond donors (Lipinski definition) is 4. The summed E-state index contributed by atoms with van der Waals surface area (Å²) in [4.78, 5) is 9.57. The molecule has 3 rings (SSSR count). The van der Waals surface area contributed by atoms with Crippen LogP contribution in [-0.2, 0) is 27.2 Å². The molecular weight excluding hydrogens is 533 g/mol. The molecule has 0 heterocycles. The van der Waals surface area contributed by atoms with Crippen molar-refractivity contribution < 1.29 is 79.8 Å². The Morgan fingerprint density at radius 2 is 1.24 bits per heavy atom. The van der Waals surface area contributed by atoms with Gasteiger partial charge in [0.2, 0.25) is 0 Å². The molecule has 175 valence electrons. The van der Waals surface area contributed by atoms with E-state index in [0.717, 1.165) is 30.3 Å². The predicted octanol–water partition coefficient (Wildman–Crippen LogP) is 1.79. The molecule has 0 aromatic heterocycles. The average molecular weight is 546 g/mol. The molecule has 0 bridgehead atoms. The third-order valence-electron chi connectivity index (χ3n) is 3.92. The van der Waals surface area contributed by atoms with Crippen LogP contribution in [0.1, 0.15) is 0 Å². The Kier molecular flexibility index (Phi) is 10.3. The SMILES string of the molecule is O=[N+]([O-])c1ccc(N=Nc2cc(N=Nc3cc(S(=O)(=O)O)ccc3O)c(O)cc2O)cc1.[Cu].[Na+]. The Morgan fingerprint density at radius 3 is 1.74 bits per heavy atom. The van der Waals surface area contributed by atoms with Crippen LogP contribution in [0.2, 0.25) is 0 Å². The monoisotopic (exact) mass is 545 g/mol. The minimum absolute atomic E-state index is 0. The van der Waals surface area contributed by atoms with E-state index in [1.54, 1.807) is 0 Å². The number of phenolic OH excluding ortho intramolecular Hbond substituents is 3. The molecule has 0 unspecified atom stereocenters. The number of nitro benzene ring substituents is 1. The number of hydrogen-bond acceptors (Lipinski definition) is 11. The van der Waals surface area contributed by atoms with Crippen molar-refractivity contribution in [3.05, 3.63) is 64.7 Å². The van der Waals surface area contributed by atoms with E-state index in [-0.39, 0.29) is 75.1 Å². The molecule has 3 aromatic carbocycles. The molecule has 0 amide bonds. The maximum Gasteiger partial charge on any atom is 1.00 e. The summed E-state index contributed by atoms with van der Waals surface area (Å²) in [7, 11) is -4.55. The summed E-state index contributed by atoms with van der Waals surface area (Å²) in [5, 5.41) is 55.4. The molecular formula is C18H13CuN5NaO8S+. The molecule has 0 aliphatic rings. The van der Waals surface area contributed by atoms with Gasteiger partial charge in [0.25, 0.3) is 15.8 Å². The average Bonchev–Trinajstić information content (AvgIpc) is 2.73. The number of aromatic hydroxyl groups is 3. The molecule has 1 radical (unpaired) electrons. The second-order valence-corrected chi connectivity index (χ2v) is 7.55. The molecule has 16 heteroatoms. The first-order valence-electron chi connectivity index (χ1n) is 8.49. The normalized spacial score (nSPS) is 11.2. The molecule has 0 aliphatic carbocycles. The Bertz CT molecular complexity index is 1370. The molecule has 0 saturated carbocycles. The number of phenols is 3. The molecule has 0 aliphatic heterocycles. The fraction of sp³-hybridized carbons (Fsp3) is 0. The van der Waals surface area contributed by atoms with Crippen LogP contribution in [0.5, 0.6) is 17.2 Å². The van der Waals surface area contributed by atoms with Crippen LogP contribution in [0.25, 0.3) is 0 Å². The van der Waals surface area contributed by atoms with Crippen molar-refractivity contribution in [1.82, 2.24) is 0 Å². The Balaban J connectivity index is 0.00000289. The second-order valence-electron chi connectivity index (χ2n) is 6.13. The summed E-state index contributed by atoms with van der Waals surface area (Å²) >= 11 is 0. The number of rotatable bonds is 6. The summed E-state index contributed by atoms with van der Waals surface area (Å²) in [5.74, 6) is -1.41. The summed E-state index contributed by atoms with van der Waals surface area (Å²) in [6, 6.07) is 9.93. The predicted molar refractivity (Wildman–Crippen MR) is 109 cm³/mol. The molecule has 3 aromatic rings. The molecule has 13 nitrogen and oxygen atoms in total. The summed E-state index contributed by atoms with van der Waals surface area (Å²) < 4.78 is 31.5. The summed E-state index contributed by atoms with van der Waals surface area (Å²) in [6.07, 6.45) is 0. The van der Waals surface area contributed by atoms with Gasteiger partial charge in [0, 0.05) is 41.3 Å².